The van der Waals surface area contributed by atoms with Crippen LogP contribution in [0.4, 0.5) is 0 Å². The molecular formula is C12H13ClN2OS. The van der Waals surface area contributed by atoms with Crippen LogP contribution >= 0.6 is 22.9 Å². The zero-order valence-electron chi connectivity index (χ0n) is 9.08. The molecular weight excluding hydrogens is 256 g/mol. The van der Waals surface area contributed by atoms with Crippen molar-refractivity contribution in [2.45, 2.75) is 12.0 Å². The number of aliphatic hydroxyl groups is 1. The number of aromatic nitrogens is 1. The molecule has 2 rings (SSSR count). The minimum Gasteiger partial charge on any atom is -0.387 e. The summed E-state index contributed by atoms with van der Waals surface area (Å²) in [6.07, 6.45) is 1.00. The minimum atomic E-state index is -0.660. The molecule has 0 saturated heterocycles. The van der Waals surface area contributed by atoms with Crippen LogP contribution in [0.2, 0.25) is 5.02 Å². The van der Waals surface area contributed by atoms with Gasteiger partial charge in [-0.05, 0) is 11.6 Å². The van der Waals surface area contributed by atoms with E-state index in [2.05, 4.69) is 4.98 Å². The first-order valence-electron chi connectivity index (χ1n) is 5.25. The third-order valence-corrected chi connectivity index (χ3v) is 3.87. The molecule has 2 aromatic rings. The molecule has 2 atom stereocenters. The summed E-state index contributed by atoms with van der Waals surface area (Å²) in [7, 11) is 0. The monoisotopic (exact) mass is 268 g/mol. The Bertz CT molecular complexity index is 475. The summed E-state index contributed by atoms with van der Waals surface area (Å²) in [5, 5.41) is 10.9. The zero-order valence-corrected chi connectivity index (χ0v) is 10.7. The lowest BCUT2D eigenvalue weighted by Gasteiger charge is -2.21. The van der Waals surface area contributed by atoms with E-state index in [0.717, 1.165) is 10.4 Å². The molecule has 1 aromatic carbocycles. The fourth-order valence-corrected chi connectivity index (χ4v) is 2.72. The van der Waals surface area contributed by atoms with Gasteiger partial charge in [-0.3, -0.25) is 4.98 Å². The SMILES string of the molecule is NCC(c1ccccc1Cl)C(O)c1cncs1. The van der Waals surface area contributed by atoms with E-state index in [1.165, 1.54) is 11.3 Å². The van der Waals surface area contributed by atoms with E-state index < -0.39 is 6.10 Å². The van der Waals surface area contributed by atoms with Crippen LogP contribution < -0.4 is 5.73 Å². The topological polar surface area (TPSA) is 59.1 Å². The van der Waals surface area contributed by atoms with E-state index >= 15 is 0 Å². The molecule has 5 heteroatoms. The van der Waals surface area contributed by atoms with Crippen molar-refractivity contribution in [3.05, 3.63) is 51.4 Å². The molecule has 17 heavy (non-hydrogen) atoms. The Balaban J connectivity index is 2.31. The zero-order chi connectivity index (χ0) is 12.3. The van der Waals surface area contributed by atoms with Crippen molar-refractivity contribution in [1.29, 1.82) is 0 Å². The first-order chi connectivity index (χ1) is 8.24. The Morgan fingerprint density at radius 3 is 2.76 bits per heavy atom. The second-order valence-corrected chi connectivity index (χ2v) is 5.04. The Hall–Kier alpha value is -0.940. The van der Waals surface area contributed by atoms with Crippen LogP contribution in [0.5, 0.6) is 0 Å². The van der Waals surface area contributed by atoms with Crippen molar-refractivity contribution in [2.75, 3.05) is 6.54 Å². The van der Waals surface area contributed by atoms with Gasteiger partial charge in [0.25, 0.3) is 0 Å². The number of hydrogen-bond acceptors (Lipinski definition) is 4. The molecule has 0 aliphatic rings. The van der Waals surface area contributed by atoms with Crippen molar-refractivity contribution < 1.29 is 5.11 Å². The van der Waals surface area contributed by atoms with Crippen LogP contribution in [-0.2, 0) is 0 Å². The molecule has 0 aliphatic carbocycles. The number of halogens is 1. The van der Waals surface area contributed by atoms with Gasteiger partial charge in [0.15, 0.2) is 0 Å². The molecule has 0 aliphatic heterocycles. The van der Waals surface area contributed by atoms with Gasteiger partial charge in [0.1, 0.15) is 0 Å². The van der Waals surface area contributed by atoms with Crippen molar-refractivity contribution in [3.8, 4) is 0 Å². The predicted octanol–water partition coefficient (Wildman–Crippen LogP) is 2.57. The highest BCUT2D eigenvalue weighted by Gasteiger charge is 2.24. The van der Waals surface area contributed by atoms with Gasteiger partial charge in [0, 0.05) is 23.7 Å². The van der Waals surface area contributed by atoms with Gasteiger partial charge in [-0.1, -0.05) is 29.8 Å². The standard InChI is InChI=1S/C12H13ClN2OS/c13-10-4-2-1-3-8(10)9(5-14)12(16)11-6-15-7-17-11/h1-4,6-7,9,12,16H,5,14H2. The molecule has 0 radical (unpaired) electrons. The Morgan fingerprint density at radius 1 is 1.41 bits per heavy atom. The number of hydrogen-bond donors (Lipinski definition) is 2. The summed E-state index contributed by atoms with van der Waals surface area (Å²) < 4.78 is 0. The number of nitrogens with two attached hydrogens (primary N) is 1. The lowest BCUT2D eigenvalue weighted by atomic mass is 9.93. The van der Waals surface area contributed by atoms with Gasteiger partial charge >= 0.3 is 0 Å². The van der Waals surface area contributed by atoms with Crippen molar-refractivity contribution in [3.63, 3.8) is 0 Å². The summed E-state index contributed by atoms with van der Waals surface area (Å²) in [6, 6.07) is 7.45. The van der Waals surface area contributed by atoms with Crippen LogP contribution in [0.15, 0.2) is 36.0 Å². The molecule has 1 heterocycles. The average Bonchev–Trinajstić information content (AvgIpc) is 2.86. The van der Waals surface area contributed by atoms with Gasteiger partial charge < -0.3 is 10.8 Å². The van der Waals surface area contributed by atoms with Crippen molar-refractivity contribution >= 4 is 22.9 Å². The summed E-state index contributed by atoms with van der Waals surface area (Å²) >= 11 is 7.54. The maximum absolute atomic E-state index is 10.3. The molecule has 2 unspecified atom stereocenters. The second kappa shape index (κ2) is 5.60. The van der Waals surface area contributed by atoms with E-state index in [0.29, 0.717) is 11.6 Å². The molecule has 3 N–H and O–H groups in total. The third-order valence-electron chi connectivity index (χ3n) is 2.68. The lowest BCUT2D eigenvalue weighted by molar-refractivity contribution is 0.151. The molecule has 0 amide bonds. The molecule has 90 valence electrons. The smallest absolute Gasteiger partial charge is 0.0978 e. The Kier molecular flexibility index (Phi) is 4.12. The largest absolute Gasteiger partial charge is 0.387 e. The summed E-state index contributed by atoms with van der Waals surface area (Å²) in [4.78, 5) is 4.77. The van der Waals surface area contributed by atoms with E-state index in [4.69, 9.17) is 17.3 Å². The van der Waals surface area contributed by atoms with Gasteiger partial charge in [0.05, 0.1) is 16.5 Å². The normalized spacial score (nSPS) is 14.5. The molecule has 1 aromatic heterocycles. The van der Waals surface area contributed by atoms with Crippen LogP contribution in [0, 0.1) is 0 Å². The van der Waals surface area contributed by atoms with Crippen molar-refractivity contribution in [2.24, 2.45) is 5.73 Å². The molecule has 0 bridgehead atoms. The third kappa shape index (κ3) is 2.66. The maximum atomic E-state index is 10.3. The number of aliphatic hydroxyl groups excluding tert-OH is 1. The summed E-state index contributed by atoms with van der Waals surface area (Å²) in [5.41, 5.74) is 8.31. The van der Waals surface area contributed by atoms with Crippen LogP contribution in [0.1, 0.15) is 22.5 Å². The van der Waals surface area contributed by atoms with Crippen LogP contribution in [-0.4, -0.2) is 16.6 Å². The van der Waals surface area contributed by atoms with E-state index in [1.54, 1.807) is 17.8 Å². The first-order valence-corrected chi connectivity index (χ1v) is 6.50. The highest BCUT2D eigenvalue weighted by atomic mass is 35.5. The van der Waals surface area contributed by atoms with E-state index in [9.17, 15) is 5.11 Å². The summed E-state index contributed by atoms with van der Waals surface area (Å²) in [6.45, 7) is 0.336. The minimum absolute atomic E-state index is 0.204. The number of thiazole rings is 1. The quantitative estimate of drug-likeness (QED) is 0.896. The molecule has 0 fully saturated rings. The summed E-state index contributed by atoms with van der Waals surface area (Å²) in [5.74, 6) is -0.204. The predicted molar refractivity (Wildman–Crippen MR) is 70.3 cm³/mol. The van der Waals surface area contributed by atoms with Gasteiger partial charge in [-0.25, -0.2) is 0 Å². The van der Waals surface area contributed by atoms with E-state index in [-0.39, 0.29) is 5.92 Å². The first kappa shape index (κ1) is 12.5. The molecule has 0 saturated carbocycles. The average molecular weight is 269 g/mol. The number of benzene rings is 1. The molecule has 3 nitrogen and oxygen atoms in total. The Morgan fingerprint density at radius 2 is 2.18 bits per heavy atom. The highest BCUT2D eigenvalue weighted by Crippen LogP contribution is 2.35. The van der Waals surface area contributed by atoms with Crippen molar-refractivity contribution in [1.82, 2.24) is 4.98 Å². The van der Waals surface area contributed by atoms with Gasteiger partial charge in [-0.15, -0.1) is 11.3 Å². The number of rotatable bonds is 4. The van der Waals surface area contributed by atoms with Gasteiger partial charge in [-0.2, -0.15) is 0 Å². The van der Waals surface area contributed by atoms with Crippen LogP contribution in [0.3, 0.4) is 0 Å². The van der Waals surface area contributed by atoms with Gasteiger partial charge in [0.2, 0.25) is 0 Å². The Labute approximate surface area is 109 Å². The highest BCUT2D eigenvalue weighted by molar-refractivity contribution is 7.09. The lowest BCUT2D eigenvalue weighted by Crippen LogP contribution is -2.19. The fraction of sp³-hybridized carbons (Fsp3) is 0.250. The van der Waals surface area contributed by atoms with Crippen LogP contribution in [0.25, 0.3) is 0 Å². The fourth-order valence-electron chi connectivity index (χ4n) is 1.77. The molecule has 0 spiro atoms. The van der Waals surface area contributed by atoms with E-state index in [1.807, 2.05) is 18.2 Å². The maximum Gasteiger partial charge on any atom is 0.0978 e. The second-order valence-electron chi connectivity index (χ2n) is 3.71. The number of nitrogens with zero attached hydrogens (tertiary/aromatic N) is 1.